The summed E-state index contributed by atoms with van der Waals surface area (Å²) < 4.78 is 6.20. The number of aryl methyl sites for hydroxylation is 2. The van der Waals surface area contributed by atoms with Crippen molar-refractivity contribution in [3.05, 3.63) is 34.4 Å². The maximum Gasteiger partial charge on any atom is 0.342 e. The third-order valence-corrected chi connectivity index (χ3v) is 2.73. The molecule has 0 unspecified atom stereocenters. The number of esters is 1. The van der Waals surface area contributed by atoms with Crippen molar-refractivity contribution in [2.24, 2.45) is 0 Å². The molecule has 0 aliphatic heterocycles. The molecule has 100 valence electrons. The van der Waals surface area contributed by atoms with Crippen molar-refractivity contribution < 1.29 is 9.53 Å². The second kappa shape index (κ2) is 5.36. The molecule has 2 aromatic rings. The zero-order chi connectivity index (χ0) is 14.0. The van der Waals surface area contributed by atoms with E-state index >= 15 is 0 Å². The maximum absolute atomic E-state index is 11.6. The van der Waals surface area contributed by atoms with Crippen molar-refractivity contribution in [2.75, 3.05) is 6.61 Å². The molecule has 0 amide bonds. The Kier molecular flexibility index (Phi) is 3.80. The highest BCUT2D eigenvalue weighted by Crippen LogP contribution is 2.19. The molecule has 0 bridgehead atoms. The Hall–Kier alpha value is -1.95. The van der Waals surface area contributed by atoms with E-state index in [1.807, 2.05) is 19.9 Å². The number of halogens is 1. The molecule has 0 saturated carbocycles. The Bertz CT molecular complexity index is 604. The maximum atomic E-state index is 11.6. The first-order valence-electron chi connectivity index (χ1n) is 5.76. The molecule has 7 heteroatoms. The minimum absolute atomic E-state index is 0.142. The quantitative estimate of drug-likeness (QED) is 0.805. The third kappa shape index (κ3) is 2.73. The second-order valence-electron chi connectivity index (χ2n) is 3.93. The van der Waals surface area contributed by atoms with Crippen LogP contribution in [0.5, 0.6) is 0 Å². The highest BCUT2D eigenvalue weighted by Gasteiger charge is 2.19. The molecule has 0 aromatic carbocycles. The fraction of sp³-hybridized carbons (Fsp3) is 0.333. The van der Waals surface area contributed by atoms with Crippen molar-refractivity contribution in [1.29, 1.82) is 0 Å². The van der Waals surface area contributed by atoms with Crippen molar-refractivity contribution in [3.63, 3.8) is 0 Å². The van der Waals surface area contributed by atoms with Gasteiger partial charge in [-0.15, -0.1) is 0 Å². The van der Waals surface area contributed by atoms with Gasteiger partial charge in [-0.25, -0.2) is 14.8 Å². The number of carbonyl (C=O) groups is 1. The summed E-state index contributed by atoms with van der Waals surface area (Å²) in [5, 5.41) is 4.17. The SMILES string of the molecule is CCOC(=O)c1cnn(-c2nc(C)cc(C)n2)c1Cl. The number of carbonyl (C=O) groups excluding carboxylic acids is 1. The Labute approximate surface area is 115 Å². The van der Waals surface area contributed by atoms with Gasteiger partial charge in [0.25, 0.3) is 5.95 Å². The zero-order valence-electron chi connectivity index (χ0n) is 10.8. The van der Waals surface area contributed by atoms with E-state index in [0.29, 0.717) is 5.95 Å². The zero-order valence-corrected chi connectivity index (χ0v) is 11.6. The summed E-state index contributed by atoms with van der Waals surface area (Å²) in [5.74, 6) is -0.179. The number of rotatable bonds is 3. The largest absolute Gasteiger partial charge is 0.462 e. The smallest absolute Gasteiger partial charge is 0.342 e. The number of nitrogens with zero attached hydrogens (tertiary/aromatic N) is 4. The molecular weight excluding hydrogens is 268 g/mol. The number of aromatic nitrogens is 4. The van der Waals surface area contributed by atoms with Crippen LogP contribution in [0, 0.1) is 13.8 Å². The van der Waals surface area contributed by atoms with Gasteiger partial charge in [-0.3, -0.25) is 0 Å². The van der Waals surface area contributed by atoms with Crippen molar-refractivity contribution in [2.45, 2.75) is 20.8 Å². The molecule has 0 aliphatic carbocycles. The molecule has 0 saturated heterocycles. The van der Waals surface area contributed by atoms with E-state index in [1.165, 1.54) is 10.9 Å². The van der Waals surface area contributed by atoms with Crippen molar-refractivity contribution in [1.82, 2.24) is 19.7 Å². The third-order valence-electron chi connectivity index (χ3n) is 2.37. The minimum Gasteiger partial charge on any atom is -0.462 e. The van der Waals surface area contributed by atoms with Gasteiger partial charge in [0.15, 0.2) is 5.15 Å². The molecular formula is C12H13ClN4O2. The normalized spacial score (nSPS) is 10.5. The molecule has 0 spiro atoms. The lowest BCUT2D eigenvalue weighted by Gasteiger charge is -2.04. The molecule has 0 aliphatic rings. The van der Waals surface area contributed by atoms with E-state index < -0.39 is 5.97 Å². The summed E-state index contributed by atoms with van der Waals surface area (Å²) in [5.41, 5.74) is 1.80. The first-order valence-corrected chi connectivity index (χ1v) is 6.14. The lowest BCUT2D eigenvalue weighted by molar-refractivity contribution is 0.0526. The number of hydrogen-bond acceptors (Lipinski definition) is 5. The lowest BCUT2D eigenvalue weighted by atomic mass is 10.3. The molecule has 2 heterocycles. The summed E-state index contributed by atoms with van der Waals surface area (Å²) in [4.78, 5) is 20.1. The summed E-state index contributed by atoms with van der Waals surface area (Å²) in [6, 6.07) is 1.84. The Balaban J connectivity index is 2.44. The van der Waals surface area contributed by atoms with E-state index in [-0.39, 0.29) is 17.3 Å². The highest BCUT2D eigenvalue weighted by molar-refractivity contribution is 6.32. The molecule has 6 nitrogen and oxygen atoms in total. The van der Waals surface area contributed by atoms with Gasteiger partial charge in [0, 0.05) is 11.4 Å². The monoisotopic (exact) mass is 280 g/mol. The van der Waals surface area contributed by atoms with Gasteiger partial charge in [-0.05, 0) is 26.8 Å². The van der Waals surface area contributed by atoms with E-state index in [2.05, 4.69) is 15.1 Å². The van der Waals surface area contributed by atoms with Crippen LogP contribution in [0.15, 0.2) is 12.3 Å². The highest BCUT2D eigenvalue weighted by atomic mass is 35.5. The first-order chi connectivity index (χ1) is 9.02. The van der Waals surface area contributed by atoms with Crippen LogP contribution in [0.4, 0.5) is 0 Å². The van der Waals surface area contributed by atoms with E-state index in [4.69, 9.17) is 16.3 Å². The molecule has 0 atom stereocenters. The van der Waals surface area contributed by atoms with Gasteiger partial charge in [0.1, 0.15) is 5.56 Å². The van der Waals surface area contributed by atoms with Crippen LogP contribution in [0.25, 0.3) is 5.95 Å². The summed E-state index contributed by atoms with van der Waals surface area (Å²) >= 11 is 6.11. The van der Waals surface area contributed by atoms with Gasteiger partial charge in [0.05, 0.1) is 12.8 Å². The van der Waals surface area contributed by atoms with E-state index in [9.17, 15) is 4.79 Å². The molecule has 0 fully saturated rings. The Morgan fingerprint density at radius 3 is 2.58 bits per heavy atom. The Morgan fingerprint density at radius 1 is 1.37 bits per heavy atom. The standard InChI is InChI=1S/C12H13ClN4O2/c1-4-19-11(18)9-6-14-17(10(9)13)12-15-7(2)5-8(3)16-12/h5-6H,4H2,1-3H3. The van der Waals surface area contributed by atoms with Crippen molar-refractivity contribution in [3.8, 4) is 5.95 Å². The van der Waals surface area contributed by atoms with Crippen LogP contribution in [0.2, 0.25) is 5.15 Å². The van der Waals surface area contributed by atoms with Gasteiger partial charge in [-0.2, -0.15) is 9.78 Å². The van der Waals surface area contributed by atoms with Crippen LogP contribution in [0.1, 0.15) is 28.7 Å². The van der Waals surface area contributed by atoms with Crippen LogP contribution < -0.4 is 0 Å². The average molecular weight is 281 g/mol. The van der Waals surface area contributed by atoms with Crippen LogP contribution in [-0.4, -0.2) is 32.3 Å². The lowest BCUT2D eigenvalue weighted by Crippen LogP contribution is -2.07. The fourth-order valence-corrected chi connectivity index (χ4v) is 1.87. The fourth-order valence-electron chi connectivity index (χ4n) is 1.62. The van der Waals surface area contributed by atoms with Crippen LogP contribution in [0.3, 0.4) is 0 Å². The number of ether oxygens (including phenoxy) is 1. The molecule has 0 N–H and O–H groups in total. The van der Waals surface area contributed by atoms with Gasteiger partial charge in [0.2, 0.25) is 0 Å². The average Bonchev–Trinajstić information content (AvgIpc) is 2.70. The second-order valence-corrected chi connectivity index (χ2v) is 4.29. The topological polar surface area (TPSA) is 69.9 Å². The van der Waals surface area contributed by atoms with Crippen LogP contribution >= 0.6 is 11.6 Å². The summed E-state index contributed by atoms with van der Waals surface area (Å²) in [7, 11) is 0. The van der Waals surface area contributed by atoms with Gasteiger partial charge < -0.3 is 4.74 Å². The molecule has 19 heavy (non-hydrogen) atoms. The predicted octanol–water partition coefficient (Wildman–Crippen LogP) is 2.11. The van der Waals surface area contributed by atoms with Gasteiger partial charge >= 0.3 is 5.97 Å². The molecule has 0 radical (unpaired) electrons. The predicted molar refractivity (Wildman–Crippen MR) is 69.6 cm³/mol. The summed E-state index contributed by atoms with van der Waals surface area (Å²) in [6.45, 7) is 5.70. The van der Waals surface area contributed by atoms with E-state index in [0.717, 1.165) is 11.4 Å². The Morgan fingerprint density at radius 2 is 2.00 bits per heavy atom. The van der Waals surface area contributed by atoms with E-state index in [1.54, 1.807) is 6.92 Å². The number of hydrogen-bond donors (Lipinski definition) is 0. The minimum atomic E-state index is -0.511. The van der Waals surface area contributed by atoms with Crippen molar-refractivity contribution >= 4 is 17.6 Å². The van der Waals surface area contributed by atoms with Gasteiger partial charge in [-0.1, -0.05) is 11.6 Å². The first kappa shape index (κ1) is 13.5. The summed E-state index contributed by atoms with van der Waals surface area (Å²) in [6.07, 6.45) is 1.35. The molecule has 2 aromatic heterocycles. The van der Waals surface area contributed by atoms with Crippen LogP contribution in [-0.2, 0) is 4.74 Å². The molecule has 2 rings (SSSR count).